The molecule has 0 aromatic heterocycles. The van der Waals surface area contributed by atoms with E-state index in [1.54, 1.807) is 24.3 Å². The van der Waals surface area contributed by atoms with Gasteiger partial charge in [-0.25, -0.2) is 23.6 Å². The van der Waals surface area contributed by atoms with Gasteiger partial charge in [-0.15, -0.1) is 0 Å². The summed E-state index contributed by atoms with van der Waals surface area (Å²) in [5, 5.41) is 34.1. The van der Waals surface area contributed by atoms with E-state index in [4.69, 9.17) is 32.0 Å². The molecule has 29 heavy (non-hydrogen) atoms. The monoisotopic (exact) mass is 427 g/mol. The minimum absolute atomic E-state index is 0.124. The number of carbonyl (C=O) groups is 4. The van der Waals surface area contributed by atoms with Gasteiger partial charge < -0.3 is 25.3 Å². The zero-order valence-electron chi connectivity index (χ0n) is 14.6. The molecule has 0 fully saturated rings. The first-order valence-corrected chi connectivity index (χ1v) is 8.09. The molecule has 1 aliphatic rings. The van der Waals surface area contributed by atoms with E-state index in [1.165, 1.54) is 11.1 Å². The van der Waals surface area contributed by atoms with Crippen LogP contribution in [-0.4, -0.2) is 51.0 Å². The summed E-state index contributed by atoms with van der Waals surface area (Å²) in [7, 11) is 0. The van der Waals surface area contributed by atoms with Crippen molar-refractivity contribution in [3.63, 3.8) is 0 Å². The van der Waals surface area contributed by atoms with E-state index in [0.29, 0.717) is 17.8 Å². The second-order valence-corrected chi connectivity index (χ2v) is 5.74. The molecule has 0 bridgehead atoms. The summed E-state index contributed by atoms with van der Waals surface area (Å²) in [6.45, 7) is -1.05. The number of aliphatic carboxylic acids is 4. The van der Waals surface area contributed by atoms with Crippen LogP contribution in [0, 0.1) is 0 Å². The Kier molecular flexibility index (Phi) is 8.56. The summed E-state index contributed by atoms with van der Waals surface area (Å²) in [5.41, 5.74) is -0.244. The number of anilines is 1. The molecule has 0 saturated heterocycles. The highest BCUT2D eigenvalue weighted by Crippen LogP contribution is 2.34. The SMILES string of the molecule is O=C(O)C1=CN(c2ccccc2Cl)C(CF)=C(C(=O)O)C1.O=C(O)C=CC(=O)O. The van der Waals surface area contributed by atoms with Crippen molar-refractivity contribution in [2.24, 2.45) is 0 Å². The largest absolute Gasteiger partial charge is 0.478 e. The Morgan fingerprint density at radius 2 is 1.55 bits per heavy atom. The third-order valence-electron chi connectivity index (χ3n) is 3.43. The van der Waals surface area contributed by atoms with Gasteiger partial charge in [-0.05, 0) is 12.1 Å². The van der Waals surface area contributed by atoms with Gasteiger partial charge in [0, 0.05) is 24.8 Å². The van der Waals surface area contributed by atoms with Crippen molar-refractivity contribution in [3.8, 4) is 0 Å². The zero-order valence-corrected chi connectivity index (χ0v) is 15.3. The number of hydrogen-bond acceptors (Lipinski definition) is 5. The molecule has 0 aliphatic carbocycles. The first kappa shape index (κ1) is 23.4. The molecular weight excluding hydrogens is 413 g/mol. The third kappa shape index (κ3) is 6.78. The Bertz CT molecular complexity index is 906. The number of nitrogens with zero attached hydrogens (tertiary/aromatic N) is 1. The molecule has 11 heteroatoms. The zero-order chi connectivity index (χ0) is 22.1. The molecule has 0 radical (unpaired) electrons. The summed E-state index contributed by atoms with van der Waals surface area (Å²) in [5.74, 6) is -5.13. The number of halogens is 2. The lowest BCUT2D eigenvalue weighted by atomic mass is 9.99. The van der Waals surface area contributed by atoms with Gasteiger partial charge in [-0.2, -0.15) is 0 Å². The predicted molar refractivity (Wildman–Crippen MR) is 99.3 cm³/mol. The van der Waals surface area contributed by atoms with E-state index in [9.17, 15) is 23.6 Å². The molecule has 1 aromatic carbocycles. The van der Waals surface area contributed by atoms with Crippen molar-refractivity contribution >= 4 is 41.2 Å². The van der Waals surface area contributed by atoms with E-state index < -0.39 is 30.6 Å². The van der Waals surface area contributed by atoms with Crippen LogP contribution in [0.3, 0.4) is 0 Å². The van der Waals surface area contributed by atoms with Crippen molar-refractivity contribution in [3.05, 3.63) is 64.5 Å². The number of hydrogen-bond donors (Lipinski definition) is 4. The van der Waals surface area contributed by atoms with Gasteiger partial charge in [-0.3, -0.25) is 0 Å². The van der Waals surface area contributed by atoms with Crippen LogP contribution in [0.5, 0.6) is 0 Å². The molecule has 1 aliphatic heterocycles. The summed E-state index contributed by atoms with van der Waals surface area (Å²) >= 11 is 6.02. The van der Waals surface area contributed by atoms with Gasteiger partial charge in [0.1, 0.15) is 6.67 Å². The van der Waals surface area contributed by atoms with Crippen LogP contribution in [-0.2, 0) is 19.2 Å². The molecule has 0 unspecified atom stereocenters. The quantitative estimate of drug-likeness (QED) is 0.501. The molecule has 4 N–H and O–H groups in total. The maximum atomic E-state index is 13.3. The number of carboxylic acid groups (broad SMARTS) is 4. The Morgan fingerprint density at radius 3 is 1.97 bits per heavy atom. The standard InChI is InChI=1S/C14H11ClFNO4.C4H4O4/c15-10-3-1-2-4-11(10)17-7-8(13(18)19)5-9(14(20)21)12(17)6-16;5-3(6)1-2-4(7)8/h1-4,7H,5-6H2,(H,18,19)(H,20,21);1-2H,(H,5,6)(H,7,8). The average Bonchev–Trinajstić information content (AvgIpc) is 2.66. The predicted octanol–water partition coefficient (Wildman–Crippen LogP) is 2.54. The Morgan fingerprint density at radius 1 is 1.00 bits per heavy atom. The second-order valence-electron chi connectivity index (χ2n) is 5.33. The van der Waals surface area contributed by atoms with Crippen molar-refractivity contribution in [1.29, 1.82) is 0 Å². The summed E-state index contributed by atoms with van der Waals surface area (Å²) in [6.07, 6.45) is 1.97. The third-order valence-corrected chi connectivity index (χ3v) is 3.75. The number of benzene rings is 1. The van der Waals surface area contributed by atoms with Gasteiger partial charge in [-0.1, -0.05) is 23.7 Å². The number of rotatable bonds is 6. The van der Waals surface area contributed by atoms with E-state index >= 15 is 0 Å². The maximum Gasteiger partial charge on any atom is 0.333 e. The van der Waals surface area contributed by atoms with Crippen molar-refractivity contribution in [2.45, 2.75) is 6.42 Å². The fourth-order valence-electron chi connectivity index (χ4n) is 2.20. The van der Waals surface area contributed by atoms with Crippen molar-refractivity contribution in [1.82, 2.24) is 0 Å². The minimum Gasteiger partial charge on any atom is -0.478 e. The van der Waals surface area contributed by atoms with Crippen molar-refractivity contribution in [2.75, 3.05) is 11.6 Å². The molecule has 1 heterocycles. The minimum atomic E-state index is -1.36. The highest BCUT2D eigenvalue weighted by atomic mass is 35.5. The first-order chi connectivity index (χ1) is 13.6. The molecule has 9 nitrogen and oxygen atoms in total. The normalized spacial score (nSPS) is 13.4. The van der Waals surface area contributed by atoms with Gasteiger partial charge in [0.25, 0.3) is 0 Å². The highest BCUT2D eigenvalue weighted by Gasteiger charge is 2.29. The van der Waals surface area contributed by atoms with Crippen LogP contribution in [0.4, 0.5) is 10.1 Å². The van der Waals surface area contributed by atoms with Crippen LogP contribution >= 0.6 is 11.6 Å². The molecule has 2 rings (SSSR count). The number of alkyl halides is 1. The number of allylic oxidation sites excluding steroid dienone is 1. The van der Waals surface area contributed by atoms with Crippen LogP contribution in [0.1, 0.15) is 6.42 Å². The molecule has 154 valence electrons. The van der Waals surface area contributed by atoms with E-state index in [-0.39, 0.29) is 28.3 Å². The van der Waals surface area contributed by atoms with Gasteiger partial charge >= 0.3 is 23.9 Å². The Hall–Kier alpha value is -3.66. The summed E-state index contributed by atoms with van der Waals surface area (Å²) in [4.78, 5) is 42.7. The smallest absolute Gasteiger partial charge is 0.333 e. The van der Waals surface area contributed by atoms with Gasteiger partial charge in [0.15, 0.2) is 0 Å². The van der Waals surface area contributed by atoms with Crippen LogP contribution < -0.4 is 4.90 Å². The molecule has 0 atom stereocenters. The first-order valence-electron chi connectivity index (χ1n) is 7.71. The van der Waals surface area contributed by atoms with Gasteiger partial charge in [0.05, 0.1) is 27.6 Å². The second kappa shape index (κ2) is 10.6. The molecule has 0 saturated carbocycles. The number of carboxylic acids is 4. The van der Waals surface area contributed by atoms with E-state index in [0.717, 1.165) is 0 Å². The average molecular weight is 428 g/mol. The van der Waals surface area contributed by atoms with Gasteiger partial charge in [0.2, 0.25) is 0 Å². The Labute approximate surface area is 168 Å². The highest BCUT2D eigenvalue weighted by molar-refractivity contribution is 6.33. The fraction of sp³-hybridized carbons (Fsp3) is 0.111. The molecule has 0 spiro atoms. The lowest BCUT2D eigenvalue weighted by Crippen LogP contribution is -2.28. The van der Waals surface area contributed by atoms with Crippen LogP contribution in [0.2, 0.25) is 5.02 Å². The molecule has 0 amide bonds. The number of para-hydroxylation sites is 1. The lowest BCUT2D eigenvalue weighted by Gasteiger charge is -2.29. The van der Waals surface area contributed by atoms with Crippen LogP contribution in [0.15, 0.2) is 59.5 Å². The topological polar surface area (TPSA) is 152 Å². The van der Waals surface area contributed by atoms with E-state index in [1.807, 2.05) is 0 Å². The molecule has 1 aromatic rings. The summed E-state index contributed by atoms with van der Waals surface area (Å²) in [6, 6.07) is 6.41. The summed E-state index contributed by atoms with van der Waals surface area (Å²) < 4.78 is 13.3. The Balaban J connectivity index is 0.000000447. The van der Waals surface area contributed by atoms with Crippen LogP contribution in [0.25, 0.3) is 0 Å². The lowest BCUT2D eigenvalue weighted by molar-refractivity contribution is -0.134. The fourth-order valence-corrected chi connectivity index (χ4v) is 2.42. The maximum absolute atomic E-state index is 13.3. The molecular formula is C18H15ClFNO8. The van der Waals surface area contributed by atoms with E-state index in [2.05, 4.69) is 0 Å². The van der Waals surface area contributed by atoms with Crippen molar-refractivity contribution < 1.29 is 44.0 Å².